The highest BCUT2D eigenvalue weighted by molar-refractivity contribution is 5.68. The minimum absolute atomic E-state index is 0.228. The van der Waals surface area contributed by atoms with Crippen LogP contribution >= 0.6 is 0 Å². The molecule has 0 spiro atoms. The summed E-state index contributed by atoms with van der Waals surface area (Å²) in [5.74, 6) is -0.416. The van der Waals surface area contributed by atoms with Gasteiger partial charge in [0.25, 0.3) is 0 Å². The molecule has 0 atom stereocenters. The lowest BCUT2D eigenvalue weighted by Crippen LogP contribution is -2.13. The average Bonchev–Trinajstić information content (AvgIpc) is 2.67. The maximum Gasteiger partial charge on any atom is 0.341 e. The van der Waals surface area contributed by atoms with Gasteiger partial charge in [0.1, 0.15) is 0 Å². The first-order valence-corrected chi connectivity index (χ1v) is 8.69. The predicted molar refractivity (Wildman–Crippen MR) is 104 cm³/mol. The molecule has 0 aliphatic rings. The number of hydrogen-bond donors (Lipinski definition) is 2. The number of ether oxygens (including phenoxy) is 1. The molecule has 0 aliphatic heterocycles. The van der Waals surface area contributed by atoms with Crippen LogP contribution in [0.2, 0.25) is 0 Å². The summed E-state index contributed by atoms with van der Waals surface area (Å²) in [6.45, 7) is 2.21. The number of aliphatic carboxylic acids is 1. The Morgan fingerprint density at radius 1 is 1.07 bits per heavy atom. The van der Waals surface area contributed by atoms with Gasteiger partial charge in [0.15, 0.2) is 6.61 Å². The predicted octanol–water partition coefficient (Wildman–Crippen LogP) is 3.57. The normalized spacial score (nSPS) is 10.4. The lowest BCUT2D eigenvalue weighted by atomic mass is 10.1. The van der Waals surface area contributed by atoms with Crippen LogP contribution in [0.5, 0.6) is 5.88 Å². The van der Waals surface area contributed by atoms with Crippen molar-refractivity contribution in [3.8, 4) is 17.1 Å². The molecule has 3 rings (SSSR count). The molecule has 2 aromatic carbocycles. The number of aryl methyl sites for hydroxylation is 1. The molecule has 0 unspecified atom stereocenters. The van der Waals surface area contributed by atoms with E-state index in [9.17, 15) is 4.79 Å². The molecule has 1 heterocycles. The summed E-state index contributed by atoms with van der Waals surface area (Å²) < 4.78 is 5.27. The first-order chi connectivity index (χ1) is 13.1. The van der Waals surface area contributed by atoms with Crippen molar-refractivity contribution in [1.29, 1.82) is 0 Å². The number of rotatable bonds is 8. The Bertz CT molecular complexity index is 914. The van der Waals surface area contributed by atoms with Gasteiger partial charge < -0.3 is 15.2 Å². The monoisotopic (exact) mass is 363 g/mol. The summed E-state index contributed by atoms with van der Waals surface area (Å²) in [5, 5.41) is 12.0. The summed E-state index contributed by atoms with van der Waals surface area (Å²) in [4.78, 5) is 19.6. The molecule has 138 valence electrons. The van der Waals surface area contributed by atoms with Crippen molar-refractivity contribution < 1.29 is 14.6 Å². The van der Waals surface area contributed by atoms with Gasteiger partial charge in [-0.3, -0.25) is 0 Å². The number of aromatic nitrogens is 2. The number of benzene rings is 2. The smallest absolute Gasteiger partial charge is 0.341 e. The van der Waals surface area contributed by atoms with Crippen LogP contribution in [0.3, 0.4) is 0 Å². The van der Waals surface area contributed by atoms with Gasteiger partial charge in [-0.1, -0.05) is 54.1 Å². The second kappa shape index (κ2) is 8.80. The number of nitrogens with zero attached hydrogens (tertiary/aromatic N) is 2. The third-order valence-corrected chi connectivity index (χ3v) is 3.90. The van der Waals surface area contributed by atoms with Crippen molar-refractivity contribution in [3.63, 3.8) is 0 Å². The van der Waals surface area contributed by atoms with E-state index in [-0.39, 0.29) is 5.88 Å². The molecule has 6 heteroatoms. The fraction of sp³-hybridized carbons (Fsp3) is 0.190. The summed E-state index contributed by atoms with van der Waals surface area (Å²) in [6, 6.07) is 19.7. The maximum absolute atomic E-state index is 10.8. The van der Waals surface area contributed by atoms with E-state index in [1.54, 1.807) is 6.07 Å². The number of hydrogen-bond acceptors (Lipinski definition) is 5. The highest BCUT2D eigenvalue weighted by Crippen LogP contribution is 2.23. The Hall–Kier alpha value is -3.41. The molecular weight excluding hydrogens is 342 g/mol. The number of nitrogens with one attached hydrogen (secondary N) is 1. The summed E-state index contributed by atoms with van der Waals surface area (Å²) in [5.41, 5.74) is 3.92. The molecule has 6 nitrogen and oxygen atoms in total. The van der Waals surface area contributed by atoms with Gasteiger partial charge in [-0.15, -0.1) is 0 Å². The van der Waals surface area contributed by atoms with Gasteiger partial charge in [-0.05, 0) is 25.0 Å². The highest BCUT2D eigenvalue weighted by Gasteiger charge is 2.09. The third kappa shape index (κ3) is 5.54. The summed E-state index contributed by atoms with van der Waals surface area (Å²) in [7, 11) is 0. The van der Waals surface area contributed by atoms with Crippen LogP contribution in [-0.4, -0.2) is 34.2 Å². The van der Waals surface area contributed by atoms with E-state index < -0.39 is 12.6 Å². The van der Waals surface area contributed by atoms with Gasteiger partial charge in [0.2, 0.25) is 11.8 Å². The largest absolute Gasteiger partial charge is 0.479 e. The Morgan fingerprint density at radius 2 is 1.89 bits per heavy atom. The number of carboxylic acid groups (broad SMARTS) is 1. The second-order valence-corrected chi connectivity index (χ2v) is 6.13. The summed E-state index contributed by atoms with van der Waals surface area (Å²) in [6.07, 6.45) is 0.824. The Labute approximate surface area is 157 Å². The number of anilines is 1. The van der Waals surface area contributed by atoms with E-state index in [4.69, 9.17) is 9.84 Å². The Kier molecular flexibility index (Phi) is 5.99. The van der Waals surface area contributed by atoms with Gasteiger partial charge in [-0.25, -0.2) is 9.78 Å². The van der Waals surface area contributed by atoms with Crippen LogP contribution in [0.25, 0.3) is 11.3 Å². The molecule has 1 aromatic heterocycles. The zero-order chi connectivity index (χ0) is 19.1. The SMILES string of the molecule is Cc1cccc(-c2cc(OCC(=O)O)nc(NCCc3ccccc3)n2)c1. The van der Waals surface area contributed by atoms with E-state index in [0.717, 1.165) is 17.5 Å². The van der Waals surface area contributed by atoms with E-state index in [2.05, 4.69) is 27.4 Å². The molecule has 0 saturated carbocycles. The quantitative estimate of drug-likeness (QED) is 0.636. The minimum atomic E-state index is -1.05. The molecule has 0 radical (unpaired) electrons. The Balaban J connectivity index is 1.79. The average molecular weight is 363 g/mol. The lowest BCUT2D eigenvalue weighted by Gasteiger charge is -2.10. The van der Waals surface area contributed by atoms with Crippen molar-refractivity contribution in [2.24, 2.45) is 0 Å². The summed E-state index contributed by atoms with van der Waals surface area (Å²) >= 11 is 0. The maximum atomic E-state index is 10.8. The zero-order valence-electron chi connectivity index (χ0n) is 15.1. The van der Waals surface area contributed by atoms with Crippen LogP contribution in [0.15, 0.2) is 60.7 Å². The standard InChI is InChI=1S/C21H21N3O3/c1-15-6-5-9-17(12-15)18-13-19(27-14-20(25)26)24-21(23-18)22-11-10-16-7-3-2-4-8-16/h2-9,12-13H,10-11,14H2,1H3,(H,25,26)(H,22,23,24). The Morgan fingerprint density at radius 3 is 2.63 bits per heavy atom. The fourth-order valence-electron chi connectivity index (χ4n) is 2.63. The second-order valence-electron chi connectivity index (χ2n) is 6.13. The van der Waals surface area contributed by atoms with Gasteiger partial charge in [0.05, 0.1) is 5.69 Å². The van der Waals surface area contributed by atoms with Crippen LogP contribution < -0.4 is 10.1 Å². The van der Waals surface area contributed by atoms with Gasteiger partial charge in [-0.2, -0.15) is 4.98 Å². The van der Waals surface area contributed by atoms with Crippen LogP contribution in [0, 0.1) is 6.92 Å². The van der Waals surface area contributed by atoms with E-state index in [0.29, 0.717) is 18.2 Å². The topological polar surface area (TPSA) is 84.3 Å². The first-order valence-electron chi connectivity index (χ1n) is 8.69. The molecule has 0 bridgehead atoms. The van der Waals surface area contributed by atoms with E-state index in [1.807, 2.05) is 49.4 Å². The fourth-order valence-corrected chi connectivity index (χ4v) is 2.63. The van der Waals surface area contributed by atoms with Gasteiger partial charge >= 0.3 is 5.97 Å². The molecule has 0 aliphatic carbocycles. The number of carbonyl (C=O) groups is 1. The van der Waals surface area contributed by atoms with Crippen LogP contribution in [0.1, 0.15) is 11.1 Å². The molecule has 0 amide bonds. The third-order valence-electron chi connectivity index (χ3n) is 3.90. The van der Waals surface area contributed by atoms with Crippen molar-refractivity contribution in [3.05, 3.63) is 71.8 Å². The van der Waals surface area contributed by atoms with Crippen molar-refractivity contribution in [2.45, 2.75) is 13.3 Å². The van der Waals surface area contributed by atoms with Crippen LogP contribution in [0.4, 0.5) is 5.95 Å². The van der Waals surface area contributed by atoms with Crippen molar-refractivity contribution in [2.75, 3.05) is 18.5 Å². The van der Waals surface area contributed by atoms with E-state index >= 15 is 0 Å². The minimum Gasteiger partial charge on any atom is -0.479 e. The molecule has 0 saturated heterocycles. The molecule has 2 N–H and O–H groups in total. The molecular formula is C21H21N3O3. The zero-order valence-corrected chi connectivity index (χ0v) is 15.1. The van der Waals surface area contributed by atoms with Gasteiger partial charge in [0, 0.05) is 18.2 Å². The van der Waals surface area contributed by atoms with Crippen molar-refractivity contribution >= 4 is 11.9 Å². The van der Waals surface area contributed by atoms with Crippen molar-refractivity contribution in [1.82, 2.24) is 9.97 Å². The van der Waals surface area contributed by atoms with Crippen LogP contribution in [-0.2, 0) is 11.2 Å². The first kappa shape index (κ1) is 18.4. The van der Waals surface area contributed by atoms with E-state index in [1.165, 1.54) is 5.56 Å². The number of carboxylic acids is 1. The molecule has 3 aromatic rings. The molecule has 27 heavy (non-hydrogen) atoms. The highest BCUT2D eigenvalue weighted by atomic mass is 16.5. The lowest BCUT2D eigenvalue weighted by molar-refractivity contribution is -0.139. The molecule has 0 fully saturated rings.